The summed E-state index contributed by atoms with van der Waals surface area (Å²) >= 11 is 0. The van der Waals surface area contributed by atoms with Gasteiger partial charge >= 0.3 is 0 Å². The zero-order chi connectivity index (χ0) is 11.1. The van der Waals surface area contributed by atoms with Crippen LogP contribution < -0.4 is 5.32 Å². The molecule has 1 fully saturated rings. The van der Waals surface area contributed by atoms with Crippen LogP contribution in [0, 0.1) is 11.3 Å². The Hall–Kier alpha value is -0.0800. The van der Waals surface area contributed by atoms with E-state index in [0.29, 0.717) is 5.41 Å². The molecule has 0 aromatic carbocycles. The minimum atomic E-state index is 0.390. The number of hydrogen-bond donors (Lipinski definition) is 1. The molecular formula is C13H27NO. The Kier molecular flexibility index (Phi) is 5.62. The first-order valence-corrected chi connectivity index (χ1v) is 6.48. The number of nitrogens with one attached hydrogen (secondary N) is 1. The fraction of sp³-hybridized carbons (Fsp3) is 1.00. The monoisotopic (exact) mass is 213 g/mol. The molecule has 1 saturated carbocycles. The van der Waals surface area contributed by atoms with Crippen LogP contribution in [0.1, 0.15) is 46.0 Å². The highest BCUT2D eigenvalue weighted by Gasteiger charge is 2.38. The molecule has 0 amide bonds. The molecule has 0 heterocycles. The van der Waals surface area contributed by atoms with Gasteiger partial charge in [-0.15, -0.1) is 0 Å². The molecule has 2 nitrogen and oxygen atoms in total. The van der Waals surface area contributed by atoms with Crippen molar-refractivity contribution in [3.05, 3.63) is 0 Å². The lowest BCUT2D eigenvalue weighted by Crippen LogP contribution is -2.42. The molecule has 2 heteroatoms. The number of rotatable bonds is 7. The lowest BCUT2D eigenvalue weighted by molar-refractivity contribution is 0.0292. The summed E-state index contributed by atoms with van der Waals surface area (Å²) in [4.78, 5) is 0. The summed E-state index contributed by atoms with van der Waals surface area (Å²) in [6.07, 6.45) is 6.88. The molecule has 90 valence electrons. The van der Waals surface area contributed by atoms with Gasteiger partial charge in [-0.2, -0.15) is 0 Å². The maximum Gasteiger partial charge on any atom is 0.0533 e. The fourth-order valence-corrected chi connectivity index (χ4v) is 3.03. The molecule has 1 aliphatic rings. The molecule has 0 spiro atoms. The van der Waals surface area contributed by atoms with Gasteiger partial charge in [0.05, 0.1) is 6.61 Å². The van der Waals surface area contributed by atoms with Crippen LogP contribution in [0.5, 0.6) is 0 Å². The van der Waals surface area contributed by atoms with Crippen LogP contribution in [0.3, 0.4) is 0 Å². The zero-order valence-electron chi connectivity index (χ0n) is 10.6. The van der Waals surface area contributed by atoms with Crippen molar-refractivity contribution < 1.29 is 4.74 Å². The maximum absolute atomic E-state index is 5.47. The van der Waals surface area contributed by atoms with Crippen LogP contribution in [-0.2, 0) is 4.74 Å². The molecule has 1 unspecified atom stereocenters. The largest absolute Gasteiger partial charge is 0.384 e. The summed E-state index contributed by atoms with van der Waals surface area (Å²) < 4.78 is 5.47. The standard InChI is InChI=1S/C13H27NO/c1-4-13(11-15-3,10-14-5-2)12-8-6-7-9-12/h12,14H,4-11H2,1-3H3. The normalized spacial score (nSPS) is 21.8. The van der Waals surface area contributed by atoms with E-state index in [4.69, 9.17) is 4.74 Å². The van der Waals surface area contributed by atoms with Crippen molar-refractivity contribution in [2.24, 2.45) is 11.3 Å². The van der Waals surface area contributed by atoms with E-state index in [2.05, 4.69) is 19.2 Å². The highest BCUT2D eigenvalue weighted by atomic mass is 16.5. The second-order valence-corrected chi connectivity index (χ2v) is 4.91. The van der Waals surface area contributed by atoms with Crippen molar-refractivity contribution in [3.63, 3.8) is 0 Å². The van der Waals surface area contributed by atoms with Crippen LogP contribution in [-0.4, -0.2) is 26.8 Å². The molecule has 15 heavy (non-hydrogen) atoms. The maximum atomic E-state index is 5.47. The third-order valence-electron chi connectivity index (χ3n) is 4.08. The van der Waals surface area contributed by atoms with E-state index in [1.54, 1.807) is 0 Å². The Morgan fingerprint density at radius 2 is 1.93 bits per heavy atom. The summed E-state index contributed by atoms with van der Waals surface area (Å²) in [5, 5.41) is 3.52. The van der Waals surface area contributed by atoms with Gasteiger partial charge in [-0.3, -0.25) is 0 Å². The molecule has 0 radical (unpaired) electrons. The second kappa shape index (κ2) is 6.49. The van der Waals surface area contributed by atoms with Crippen molar-refractivity contribution in [1.29, 1.82) is 0 Å². The van der Waals surface area contributed by atoms with Gasteiger partial charge < -0.3 is 10.1 Å². The predicted molar refractivity (Wildman–Crippen MR) is 65.1 cm³/mol. The second-order valence-electron chi connectivity index (χ2n) is 4.91. The van der Waals surface area contributed by atoms with Gasteiger partial charge in [-0.25, -0.2) is 0 Å². The van der Waals surface area contributed by atoms with Gasteiger partial charge in [0.15, 0.2) is 0 Å². The summed E-state index contributed by atoms with van der Waals surface area (Å²) in [5.74, 6) is 0.876. The molecule has 1 atom stereocenters. The minimum Gasteiger partial charge on any atom is -0.384 e. The highest BCUT2D eigenvalue weighted by molar-refractivity contribution is 4.89. The molecular weight excluding hydrogens is 186 g/mol. The van der Waals surface area contributed by atoms with Crippen LogP contribution in [0.4, 0.5) is 0 Å². The first-order valence-electron chi connectivity index (χ1n) is 6.48. The summed E-state index contributed by atoms with van der Waals surface area (Å²) in [5.41, 5.74) is 0.390. The molecule has 1 N–H and O–H groups in total. The van der Waals surface area contributed by atoms with E-state index >= 15 is 0 Å². The van der Waals surface area contributed by atoms with Crippen LogP contribution in [0.25, 0.3) is 0 Å². The van der Waals surface area contributed by atoms with E-state index in [9.17, 15) is 0 Å². The molecule has 1 aliphatic carbocycles. The van der Waals surface area contributed by atoms with Crippen molar-refractivity contribution in [1.82, 2.24) is 5.32 Å². The lowest BCUT2D eigenvalue weighted by atomic mass is 9.72. The highest BCUT2D eigenvalue weighted by Crippen LogP contribution is 2.42. The smallest absolute Gasteiger partial charge is 0.0533 e. The van der Waals surface area contributed by atoms with E-state index in [1.807, 2.05) is 7.11 Å². The van der Waals surface area contributed by atoms with Crippen LogP contribution in [0.2, 0.25) is 0 Å². The first kappa shape index (κ1) is 13.0. The van der Waals surface area contributed by atoms with Gasteiger partial charge in [0.2, 0.25) is 0 Å². The third kappa shape index (κ3) is 3.18. The van der Waals surface area contributed by atoms with Gasteiger partial charge in [-0.05, 0) is 31.7 Å². The topological polar surface area (TPSA) is 21.3 Å². The van der Waals surface area contributed by atoms with E-state index in [-0.39, 0.29) is 0 Å². The summed E-state index contributed by atoms with van der Waals surface area (Å²) in [6, 6.07) is 0. The Bertz CT molecular complexity index is 166. The molecule has 0 aliphatic heterocycles. The lowest BCUT2D eigenvalue weighted by Gasteiger charge is -2.38. The average Bonchev–Trinajstić information content (AvgIpc) is 2.78. The van der Waals surface area contributed by atoms with Crippen molar-refractivity contribution in [3.8, 4) is 0 Å². The Morgan fingerprint density at radius 3 is 2.40 bits per heavy atom. The number of ether oxygens (including phenoxy) is 1. The molecule has 0 aromatic heterocycles. The zero-order valence-corrected chi connectivity index (χ0v) is 10.6. The summed E-state index contributed by atoms with van der Waals surface area (Å²) in [7, 11) is 1.84. The molecule has 0 bridgehead atoms. The Balaban J connectivity index is 2.62. The van der Waals surface area contributed by atoms with Crippen molar-refractivity contribution >= 4 is 0 Å². The van der Waals surface area contributed by atoms with E-state index < -0.39 is 0 Å². The van der Waals surface area contributed by atoms with E-state index in [1.165, 1.54) is 32.1 Å². The van der Waals surface area contributed by atoms with Gasteiger partial charge in [-0.1, -0.05) is 26.7 Å². The van der Waals surface area contributed by atoms with Gasteiger partial charge in [0, 0.05) is 19.1 Å². The van der Waals surface area contributed by atoms with Crippen LogP contribution >= 0.6 is 0 Å². The predicted octanol–water partition coefficient (Wildman–Crippen LogP) is 2.83. The average molecular weight is 213 g/mol. The molecule has 0 aromatic rings. The SMILES string of the molecule is CCNCC(CC)(COC)C1CCCC1. The molecule has 1 rings (SSSR count). The first-order chi connectivity index (χ1) is 7.29. The Labute approximate surface area is 94.8 Å². The Morgan fingerprint density at radius 1 is 1.27 bits per heavy atom. The number of methoxy groups -OCH3 is 1. The third-order valence-corrected chi connectivity index (χ3v) is 4.08. The minimum absolute atomic E-state index is 0.390. The quantitative estimate of drug-likeness (QED) is 0.702. The summed E-state index contributed by atoms with van der Waals surface area (Å²) in [6.45, 7) is 7.61. The fourth-order valence-electron chi connectivity index (χ4n) is 3.03. The number of hydrogen-bond acceptors (Lipinski definition) is 2. The van der Waals surface area contributed by atoms with Crippen LogP contribution in [0.15, 0.2) is 0 Å². The van der Waals surface area contributed by atoms with Gasteiger partial charge in [0.25, 0.3) is 0 Å². The van der Waals surface area contributed by atoms with Gasteiger partial charge in [0.1, 0.15) is 0 Å². The van der Waals surface area contributed by atoms with Crippen molar-refractivity contribution in [2.45, 2.75) is 46.0 Å². The van der Waals surface area contributed by atoms with Crippen molar-refractivity contribution in [2.75, 3.05) is 26.8 Å². The van der Waals surface area contributed by atoms with E-state index in [0.717, 1.165) is 25.6 Å². The molecule has 0 saturated heterocycles.